The van der Waals surface area contributed by atoms with Gasteiger partial charge < -0.3 is 14.6 Å². The topological polar surface area (TPSA) is 102 Å². The molecule has 1 aromatic rings. The van der Waals surface area contributed by atoms with Crippen molar-refractivity contribution in [1.29, 1.82) is 0 Å². The number of hydrogen-bond donors (Lipinski definition) is 2. The van der Waals surface area contributed by atoms with Crippen molar-refractivity contribution < 1.29 is 27.8 Å². The van der Waals surface area contributed by atoms with Crippen LogP contribution in [0.4, 0.5) is 0 Å². The number of nitrogens with one attached hydrogen (secondary N) is 1. The van der Waals surface area contributed by atoms with Gasteiger partial charge in [-0.25, -0.2) is 8.42 Å². The van der Waals surface area contributed by atoms with Gasteiger partial charge in [-0.1, -0.05) is 19.8 Å². The minimum absolute atomic E-state index is 0.0760. The normalized spacial score (nSPS) is 12.7. The fraction of sp³-hybridized carbons (Fsp3) is 0.500. The summed E-state index contributed by atoms with van der Waals surface area (Å²) in [7, 11) is -1.13. The third-order valence-corrected chi connectivity index (χ3v) is 4.58. The van der Waals surface area contributed by atoms with Crippen LogP contribution >= 0.6 is 0 Å². The fourth-order valence-electron chi connectivity index (χ4n) is 1.88. The summed E-state index contributed by atoms with van der Waals surface area (Å²) < 4.78 is 36.9. The summed E-state index contributed by atoms with van der Waals surface area (Å²) in [6.07, 6.45) is 1.63. The number of carboxylic acids is 1. The highest BCUT2D eigenvalue weighted by molar-refractivity contribution is 7.89. The van der Waals surface area contributed by atoms with Gasteiger partial charge in [-0.3, -0.25) is 4.79 Å². The monoisotopic (exact) mass is 331 g/mol. The van der Waals surface area contributed by atoms with E-state index in [0.29, 0.717) is 12.2 Å². The first kappa shape index (κ1) is 18.2. The van der Waals surface area contributed by atoms with Gasteiger partial charge >= 0.3 is 5.97 Å². The maximum Gasteiger partial charge on any atom is 0.321 e. The molecule has 0 aliphatic carbocycles. The number of benzene rings is 1. The van der Waals surface area contributed by atoms with Gasteiger partial charge in [-0.05, 0) is 18.6 Å². The molecule has 0 aliphatic heterocycles. The molecule has 1 aromatic carbocycles. The maximum atomic E-state index is 12.3. The molecule has 0 heterocycles. The molecule has 0 amide bonds. The molecule has 1 unspecified atom stereocenters. The molecule has 0 saturated heterocycles. The Balaban J connectivity index is 3.04. The van der Waals surface area contributed by atoms with E-state index in [1.54, 1.807) is 0 Å². The smallest absolute Gasteiger partial charge is 0.321 e. The van der Waals surface area contributed by atoms with Crippen LogP contribution in [0.15, 0.2) is 23.1 Å². The van der Waals surface area contributed by atoms with E-state index >= 15 is 0 Å². The predicted molar refractivity (Wildman–Crippen MR) is 80.8 cm³/mol. The van der Waals surface area contributed by atoms with Crippen LogP contribution in [-0.2, 0) is 14.8 Å². The molecular weight excluding hydrogens is 310 g/mol. The van der Waals surface area contributed by atoms with Crippen molar-refractivity contribution in [2.75, 3.05) is 14.2 Å². The molecule has 7 nitrogen and oxygen atoms in total. The van der Waals surface area contributed by atoms with Crippen LogP contribution in [0.3, 0.4) is 0 Å². The molecule has 0 spiro atoms. The third kappa shape index (κ3) is 4.60. The summed E-state index contributed by atoms with van der Waals surface area (Å²) in [5, 5.41) is 9.12. The van der Waals surface area contributed by atoms with Crippen molar-refractivity contribution in [1.82, 2.24) is 4.72 Å². The van der Waals surface area contributed by atoms with E-state index in [-0.39, 0.29) is 17.1 Å². The Morgan fingerprint density at radius 2 is 1.91 bits per heavy atom. The molecule has 1 rings (SSSR count). The summed E-state index contributed by atoms with van der Waals surface area (Å²) in [6, 6.07) is 2.93. The zero-order valence-corrected chi connectivity index (χ0v) is 13.6. The number of methoxy groups -OCH3 is 2. The lowest BCUT2D eigenvalue weighted by molar-refractivity contribution is -0.139. The number of unbranched alkanes of at least 4 members (excludes halogenated alkanes) is 1. The summed E-state index contributed by atoms with van der Waals surface area (Å²) in [6.45, 7) is 1.90. The van der Waals surface area contributed by atoms with E-state index in [0.717, 1.165) is 6.42 Å². The third-order valence-electron chi connectivity index (χ3n) is 3.11. The zero-order valence-electron chi connectivity index (χ0n) is 12.8. The highest BCUT2D eigenvalue weighted by Crippen LogP contribution is 2.29. The summed E-state index contributed by atoms with van der Waals surface area (Å²) >= 11 is 0. The van der Waals surface area contributed by atoms with E-state index in [2.05, 4.69) is 4.72 Å². The minimum atomic E-state index is -3.96. The van der Waals surface area contributed by atoms with Crippen molar-refractivity contribution in [2.24, 2.45) is 0 Å². The van der Waals surface area contributed by atoms with Crippen molar-refractivity contribution in [3.05, 3.63) is 18.2 Å². The predicted octanol–water partition coefficient (Wildman–Crippen LogP) is 1.63. The standard InChI is InChI=1S/C14H21NO6S/c1-4-5-6-11(14(16)17)15-22(18,19)10-7-8-12(20-2)13(9-10)21-3/h7-9,11,15H,4-6H2,1-3H3,(H,16,17). The van der Waals surface area contributed by atoms with Gasteiger partial charge in [-0.15, -0.1) is 0 Å². The van der Waals surface area contributed by atoms with E-state index in [1.165, 1.54) is 32.4 Å². The van der Waals surface area contributed by atoms with Gasteiger partial charge in [-0.2, -0.15) is 4.72 Å². The fourth-order valence-corrected chi connectivity index (χ4v) is 3.12. The molecule has 8 heteroatoms. The first-order chi connectivity index (χ1) is 10.4. The van der Waals surface area contributed by atoms with Crippen molar-refractivity contribution in [3.63, 3.8) is 0 Å². The second-order valence-electron chi connectivity index (χ2n) is 4.67. The molecule has 0 radical (unpaired) electrons. The second kappa shape index (κ2) is 8.00. The molecule has 124 valence electrons. The van der Waals surface area contributed by atoms with Crippen molar-refractivity contribution >= 4 is 16.0 Å². The van der Waals surface area contributed by atoms with Crippen LogP contribution in [0.2, 0.25) is 0 Å². The molecule has 0 aromatic heterocycles. The Labute approximate surface area is 130 Å². The van der Waals surface area contributed by atoms with Crippen molar-refractivity contribution in [3.8, 4) is 11.5 Å². The van der Waals surface area contributed by atoms with E-state index < -0.39 is 22.0 Å². The maximum absolute atomic E-state index is 12.3. The SMILES string of the molecule is CCCCC(NS(=O)(=O)c1ccc(OC)c(OC)c1)C(=O)O. The number of rotatable bonds is 9. The summed E-state index contributed by atoms with van der Waals surface area (Å²) in [5.41, 5.74) is 0. The largest absolute Gasteiger partial charge is 0.493 e. The molecule has 0 bridgehead atoms. The highest BCUT2D eigenvalue weighted by Gasteiger charge is 2.25. The summed E-state index contributed by atoms with van der Waals surface area (Å²) in [5.74, 6) is -0.550. The lowest BCUT2D eigenvalue weighted by Crippen LogP contribution is -2.40. The summed E-state index contributed by atoms with van der Waals surface area (Å²) in [4.78, 5) is 11.1. The molecule has 22 heavy (non-hydrogen) atoms. The first-order valence-electron chi connectivity index (χ1n) is 6.82. The minimum Gasteiger partial charge on any atom is -0.493 e. The average Bonchev–Trinajstić information content (AvgIpc) is 2.50. The quantitative estimate of drug-likeness (QED) is 0.713. The van der Waals surface area contributed by atoms with Crippen LogP contribution < -0.4 is 14.2 Å². The lowest BCUT2D eigenvalue weighted by Gasteiger charge is -2.15. The average molecular weight is 331 g/mol. The van der Waals surface area contributed by atoms with E-state index in [1.807, 2.05) is 6.92 Å². The molecule has 0 fully saturated rings. The number of aliphatic carboxylic acids is 1. The zero-order chi connectivity index (χ0) is 16.8. The van der Waals surface area contributed by atoms with E-state index in [9.17, 15) is 13.2 Å². The number of carboxylic acid groups (broad SMARTS) is 1. The number of ether oxygens (including phenoxy) is 2. The van der Waals surface area contributed by atoms with Gasteiger partial charge in [0.1, 0.15) is 6.04 Å². The molecule has 0 aliphatic rings. The van der Waals surface area contributed by atoms with Crippen LogP contribution in [-0.4, -0.2) is 39.8 Å². The number of carbonyl (C=O) groups is 1. The molecule has 0 saturated carbocycles. The molecular formula is C14H21NO6S. The van der Waals surface area contributed by atoms with Gasteiger partial charge in [0.15, 0.2) is 11.5 Å². The van der Waals surface area contributed by atoms with Crippen LogP contribution in [0.1, 0.15) is 26.2 Å². The van der Waals surface area contributed by atoms with Crippen molar-refractivity contribution in [2.45, 2.75) is 37.1 Å². The molecule has 1 atom stereocenters. The van der Waals surface area contributed by atoms with Crippen LogP contribution in [0.5, 0.6) is 11.5 Å². The Bertz CT molecular complexity index is 614. The Kier molecular flexibility index (Phi) is 6.63. The Morgan fingerprint density at radius 3 is 2.41 bits per heavy atom. The Morgan fingerprint density at radius 1 is 1.27 bits per heavy atom. The van der Waals surface area contributed by atoms with Gasteiger partial charge in [0.25, 0.3) is 0 Å². The second-order valence-corrected chi connectivity index (χ2v) is 6.39. The molecule has 2 N–H and O–H groups in total. The van der Waals surface area contributed by atoms with Gasteiger partial charge in [0.2, 0.25) is 10.0 Å². The van der Waals surface area contributed by atoms with E-state index in [4.69, 9.17) is 14.6 Å². The van der Waals surface area contributed by atoms with Crippen LogP contribution in [0.25, 0.3) is 0 Å². The number of hydrogen-bond acceptors (Lipinski definition) is 5. The van der Waals surface area contributed by atoms with Crippen LogP contribution in [0, 0.1) is 0 Å². The Hall–Kier alpha value is -1.80. The number of sulfonamides is 1. The first-order valence-corrected chi connectivity index (χ1v) is 8.31. The lowest BCUT2D eigenvalue weighted by atomic mass is 10.1. The highest BCUT2D eigenvalue weighted by atomic mass is 32.2. The van der Waals surface area contributed by atoms with Gasteiger partial charge in [0, 0.05) is 6.07 Å². The van der Waals surface area contributed by atoms with Gasteiger partial charge in [0.05, 0.1) is 19.1 Å².